The van der Waals surface area contributed by atoms with Crippen LogP contribution in [-0.4, -0.2) is 22.9 Å². The van der Waals surface area contributed by atoms with Crippen LogP contribution >= 0.6 is 0 Å². The molecule has 0 saturated carbocycles. The molecule has 1 saturated heterocycles. The highest BCUT2D eigenvalue weighted by molar-refractivity contribution is 5.97. The SMILES string of the molecule is CCCn1cc(NC(=O)C2CNC(=O)C2)ccc1=O. The summed E-state index contributed by atoms with van der Waals surface area (Å²) in [6, 6.07) is 3.01. The van der Waals surface area contributed by atoms with Crippen molar-refractivity contribution < 1.29 is 9.59 Å². The molecule has 0 aromatic carbocycles. The van der Waals surface area contributed by atoms with E-state index in [4.69, 9.17) is 0 Å². The minimum atomic E-state index is -0.334. The molecule has 1 aromatic heterocycles. The number of anilines is 1. The maximum Gasteiger partial charge on any atom is 0.250 e. The number of carbonyl (C=O) groups is 2. The Morgan fingerprint density at radius 3 is 2.89 bits per heavy atom. The number of nitrogens with zero attached hydrogens (tertiary/aromatic N) is 1. The summed E-state index contributed by atoms with van der Waals surface area (Å²) in [5.41, 5.74) is 0.495. The van der Waals surface area contributed by atoms with Crippen LogP contribution in [0.5, 0.6) is 0 Å². The van der Waals surface area contributed by atoms with Gasteiger partial charge in [-0.05, 0) is 12.5 Å². The van der Waals surface area contributed by atoms with Crippen molar-refractivity contribution in [3.63, 3.8) is 0 Å². The van der Waals surface area contributed by atoms with Gasteiger partial charge in [0.25, 0.3) is 5.56 Å². The molecule has 1 unspecified atom stereocenters. The zero-order chi connectivity index (χ0) is 13.8. The molecule has 2 rings (SSSR count). The Morgan fingerprint density at radius 2 is 2.26 bits per heavy atom. The van der Waals surface area contributed by atoms with Gasteiger partial charge in [0, 0.05) is 31.8 Å². The fourth-order valence-corrected chi connectivity index (χ4v) is 2.06. The van der Waals surface area contributed by atoms with Crippen LogP contribution in [0.4, 0.5) is 5.69 Å². The lowest BCUT2D eigenvalue weighted by molar-refractivity contribution is -0.123. The average Bonchev–Trinajstić information content (AvgIpc) is 2.80. The van der Waals surface area contributed by atoms with Crippen molar-refractivity contribution in [2.75, 3.05) is 11.9 Å². The minimum Gasteiger partial charge on any atom is -0.355 e. The molecule has 0 radical (unpaired) electrons. The van der Waals surface area contributed by atoms with Gasteiger partial charge >= 0.3 is 0 Å². The van der Waals surface area contributed by atoms with Gasteiger partial charge in [-0.25, -0.2) is 0 Å². The molecule has 102 valence electrons. The lowest BCUT2D eigenvalue weighted by atomic mass is 10.1. The third-order valence-corrected chi connectivity index (χ3v) is 3.06. The highest BCUT2D eigenvalue weighted by Gasteiger charge is 2.27. The van der Waals surface area contributed by atoms with Crippen LogP contribution < -0.4 is 16.2 Å². The van der Waals surface area contributed by atoms with Gasteiger partial charge in [-0.3, -0.25) is 14.4 Å². The van der Waals surface area contributed by atoms with Gasteiger partial charge in [0.05, 0.1) is 11.6 Å². The van der Waals surface area contributed by atoms with Crippen molar-refractivity contribution in [3.8, 4) is 0 Å². The Hall–Kier alpha value is -2.11. The summed E-state index contributed by atoms with van der Waals surface area (Å²) in [4.78, 5) is 34.5. The Bertz CT molecular complexity index is 550. The summed E-state index contributed by atoms with van der Waals surface area (Å²) >= 11 is 0. The van der Waals surface area contributed by atoms with Gasteiger partial charge in [-0.1, -0.05) is 6.92 Å². The lowest BCUT2D eigenvalue weighted by Gasteiger charge is -2.11. The summed E-state index contributed by atoms with van der Waals surface area (Å²) < 4.78 is 1.56. The fraction of sp³-hybridized carbons (Fsp3) is 0.462. The molecule has 1 fully saturated rings. The number of aryl methyl sites for hydroxylation is 1. The van der Waals surface area contributed by atoms with E-state index in [1.54, 1.807) is 16.8 Å². The van der Waals surface area contributed by atoms with Crippen LogP contribution in [0.2, 0.25) is 0 Å². The van der Waals surface area contributed by atoms with E-state index in [2.05, 4.69) is 10.6 Å². The molecule has 2 N–H and O–H groups in total. The van der Waals surface area contributed by atoms with Gasteiger partial charge < -0.3 is 15.2 Å². The number of hydrogen-bond donors (Lipinski definition) is 2. The monoisotopic (exact) mass is 263 g/mol. The molecule has 19 heavy (non-hydrogen) atoms. The number of pyridine rings is 1. The minimum absolute atomic E-state index is 0.0856. The number of hydrogen-bond acceptors (Lipinski definition) is 3. The first-order chi connectivity index (χ1) is 9.10. The van der Waals surface area contributed by atoms with Gasteiger partial charge in [0.2, 0.25) is 11.8 Å². The molecule has 0 bridgehead atoms. The van der Waals surface area contributed by atoms with E-state index >= 15 is 0 Å². The first-order valence-electron chi connectivity index (χ1n) is 6.38. The molecular formula is C13H17N3O3. The highest BCUT2D eigenvalue weighted by Crippen LogP contribution is 2.12. The van der Waals surface area contributed by atoms with Crippen molar-refractivity contribution in [1.82, 2.24) is 9.88 Å². The molecular weight excluding hydrogens is 246 g/mol. The van der Waals surface area contributed by atoms with E-state index in [1.165, 1.54) is 6.07 Å². The van der Waals surface area contributed by atoms with Crippen molar-refractivity contribution in [2.24, 2.45) is 5.92 Å². The van der Waals surface area contributed by atoms with Gasteiger partial charge in [0.15, 0.2) is 0 Å². The molecule has 1 aliphatic rings. The van der Waals surface area contributed by atoms with Crippen LogP contribution in [-0.2, 0) is 16.1 Å². The largest absolute Gasteiger partial charge is 0.355 e. The quantitative estimate of drug-likeness (QED) is 0.821. The van der Waals surface area contributed by atoms with Crippen molar-refractivity contribution in [3.05, 3.63) is 28.7 Å². The zero-order valence-corrected chi connectivity index (χ0v) is 10.8. The van der Waals surface area contributed by atoms with Crippen molar-refractivity contribution in [1.29, 1.82) is 0 Å². The molecule has 2 amide bonds. The first kappa shape index (κ1) is 13.3. The van der Waals surface area contributed by atoms with E-state index < -0.39 is 0 Å². The maximum absolute atomic E-state index is 11.9. The van der Waals surface area contributed by atoms with E-state index in [0.717, 1.165) is 6.42 Å². The smallest absolute Gasteiger partial charge is 0.250 e. The van der Waals surface area contributed by atoms with E-state index in [0.29, 0.717) is 18.8 Å². The maximum atomic E-state index is 11.9. The average molecular weight is 263 g/mol. The second kappa shape index (κ2) is 5.69. The topological polar surface area (TPSA) is 80.2 Å². The van der Waals surface area contributed by atoms with E-state index in [-0.39, 0.29) is 29.7 Å². The zero-order valence-electron chi connectivity index (χ0n) is 10.8. The van der Waals surface area contributed by atoms with Gasteiger partial charge in [-0.15, -0.1) is 0 Å². The number of rotatable bonds is 4. The third-order valence-electron chi connectivity index (χ3n) is 3.06. The van der Waals surface area contributed by atoms with Gasteiger partial charge in [-0.2, -0.15) is 0 Å². The fourth-order valence-electron chi connectivity index (χ4n) is 2.06. The first-order valence-corrected chi connectivity index (χ1v) is 6.38. The Morgan fingerprint density at radius 1 is 1.47 bits per heavy atom. The molecule has 6 nitrogen and oxygen atoms in total. The predicted molar refractivity (Wildman–Crippen MR) is 70.7 cm³/mol. The molecule has 1 aliphatic heterocycles. The number of amides is 2. The summed E-state index contributed by atoms with van der Waals surface area (Å²) in [5.74, 6) is -0.629. The molecule has 0 aliphatic carbocycles. The number of nitrogens with one attached hydrogen (secondary N) is 2. The third kappa shape index (κ3) is 3.21. The van der Waals surface area contributed by atoms with E-state index in [1.807, 2.05) is 6.92 Å². The Balaban J connectivity index is 2.06. The van der Waals surface area contributed by atoms with Crippen molar-refractivity contribution >= 4 is 17.5 Å². The van der Waals surface area contributed by atoms with Crippen LogP contribution in [0, 0.1) is 5.92 Å². The van der Waals surface area contributed by atoms with Crippen LogP contribution in [0.25, 0.3) is 0 Å². The second-order valence-corrected chi connectivity index (χ2v) is 4.64. The number of carbonyl (C=O) groups excluding carboxylic acids is 2. The van der Waals surface area contributed by atoms with Crippen LogP contribution in [0.3, 0.4) is 0 Å². The van der Waals surface area contributed by atoms with Crippen LogP contribution in [0.15, 0.2) is 23.1 Å². The van der Waals surface area contributed by atoms with Crippen molar-refractivity contribution in [2.45, 2.75) is 26.3 Å². The molecule has 1 aromatic rings. The Kier molecular flexibility index (Phi) is 3.99. The standard InChI is InChI=1S/C13H17N3O3/c1-2-5-16-8-10(3-4-12(16)18)15-13(19)9-6-11(17)14-7-9/h3-4,8-9H,2,5-7H2,1H3,(H,14,17)(H,15,19). The summed E-state index contributed by atoms with van der Waals surface area (Å²) in [6.07, 6.45) is 2.70. The summed E-state index contributed by atoms with van der Waals surface area (Å²) in [7, 11) is 0. The van der Waals surface area contributed by atoms with Gasteiger partial charge in [0.1, 0.15) is 0 Å². The second-order valence-electron chi connectivity index (χ2n) is 4.64. The normalized spacial score (nSPS) is 18.2. The summed E-state index contributed by atoms with van der Waals surface area (Å²) in [6.45, 7) is 2.97. The molecule has 2 heterocycles. The van der Waals surface area contributed by atoms with Crippen LogP contribution in [0.1, 0.15) is 19.8 Å². The summed E-state index contributed by atoms with van der Waals surface area (Å²) in [5, 5.41) is 5.36. The molecule has 0 spiro atoms. The number of aromatic nitrogens is 1. The predicted octanol–water partition coefficient (Wildman–Crippen LogP) is 0.333. The lowest BCUT2D eigenvalue weighted by Crippen LogP contribution is -2.26. The highest BCUT2D eigenvalue weighted by atomic mass is 16.2. The molecule has 6 heteroatoms. The van der Waals surface area contributed by atoms with E-state index in [9.17, 15) is 14.4 Å². The Labute approximate surface area is 110 Å². The molecule has 1 atom stereocenters.